The van der Waals surface area contributed by atoms with Gasteiger partial charge < -0.3 is 10.1 Å². The summed E-state index contributed by atoms with van der Waals surface area (Å²) in [6.07, 6.45) is -4.18. The minimum Gasteiger partial charge on any atom is -0.492 e. The van der Waals surface area contributed by atoms with Crippen molar-refractivity contribution in [2.24, 2.45) is 0 Å². The summed E-state index contributed by atoms with van der Waals surface area (Å²) in [5.41, 5.74) is -1.19. The molecule has 28 heavy (non-hydrogen) atoms. The molecular formula is C17H13Cl2F3N2O4. The molecule has 2 aromatic carbocycles. The first-order chi connectivity index (χ1) is 13.1. The maximum Gasteiger partial charge on any atom is 0.416 e. The van der Waals surface area contributed by atoms with Gasteiger partial charge in [-0.3, -0.25) is 14.9 Å². The third kappa shape index (κ3) is 5.74. The zero-order chi connectivity index (χ0) is 20.9. The van der Waals surface area contributed by atoms with Crippen molar-refractivity contribution in [2.45, 2.75) is 12.6 Å². The number of hydrogen-bond donors (Lipinski definition) is 1. The molecule has 2 aromatic rings. The van der Waals surface area contributed by atoms with Crippen molar-refractivity contribution in [2.75, 3.05) is 13.2 Å². The molecule has 1 N–H and O–H groups in total. The molecule has 0 aliphatic carbocycles. The second-order valence-electron chi connectivity index (χ2n) is 5.52. The molecule has 0 radical (unpaired) electrons. The molecule has 0 aromatic heterocycles. The predicted octanol–water partition coefficient (Wildman–Crippen LogP) is 5.12. The number of halogens is 5. The van der Waals surface area contributed by atoms with Crippen molar-refractivity contribution in [3.63, 3.8) is 0 Å². The van der Waals surface area contributed by atoms with Crippen molar-refractivity contribution in [1.29, 1.82) is 0 Å². The van der Waals surface area contributed by atoms with Crippen molar-refractivity contribution in [3.05, 3.63) is 67.7 Å². The van der Waals surface area contributed by atoms with Crippen LogP contribution in [-0.2, 0) is 6.18 Å². The van der Waals surface area contributed by atoms with E-state index in [4.69, 9.17) is 27.9 Å². The first-order valence-corrected chi connectivity index (χ1v) is 8.57. The highest BCUT2D eigenvalue weighted by atomic mass is 35.5. The van der Waals surface area contributed by atoms with Gasteiger partial charge in [0.1, 0.15) is 5.75 Å². The molecule has 0 bridgehead atoms. The van der Waals surface area contributed by atoms with Gasteiger partial charge in [0.05, 0.1) is 32.7 Å². The Balaban J connectivity index is 1.84. The first-order valence-electron chi connectivity index (χ1n) is 7.81. The van der Waals surface area contributed by atoms with Crippen LogP contribution in [0.3, 0.4) is 0 Å². The normalized spacial score (nSPS) is 11.2. The third-order valence-electron chi connectivity index (χ3n) is 3.53. The summed E-state index contributed by atoms with van der Waals surface area (Å²) in [7, 11) is 0. The van der Waals surface area contributed by atoms with E-state index in [0.717, 1.165) is 24.3 Å². The Morgan fingerprint density at radius 3 is 2.46 bits per heavy atom. The number of carbonyl (C=O) groups is 1. The van der Waals surface area contributed by atoms with Gasteiger partial charge >= 0.3 is 6.18 Å². The van der Waals surface area contributed by atoms with E-state index < -0.39 is 22.6 Å². The Morgan fingerprint density at radius 1 is 1.14 bits per heavy atom. The van der Waals surface area contributed by atoms with Gasteiger partial charge in [-0.05, 0) is 30.7 Å². The van der Waals surface area contributed by atoms with Crippen LogP contribution in [0.5, 0.6) is 5.75 Å². The highest BCUT2D eigenvalue weighted by molar-refractivity contribution is 6.34. The van der Waals surface area contributed by atoms with E-state index in [1.54, 1.807) is 0 Å². The molecule has 11 heteroatoms. The Bertz CT molecular complexity index is 891. The number of rotatable bonds is 7. The molecule has 0 saturated carbocycles. The number of hydrogen-bond acceptors (Lipinski definition) is 4. The molecule has 150 valence electrons. The maximum atomic E-state index is 12.6. The molecule has 0 aliphatic heterocycles. The van der Waals surface area contributed by atoms with Crippen LogP contribution < -0.4 is 10.1 Å². The van der Waals surface area contributed by atoms with Crippen LogP contribution in [0.1, 0.15) is 22.3 Å². The quantitative estimate of drug-likeness (QED) is 0.371. The van der Waals surface area contributed by atoms with Crippen molar-refractivity contribution in [3.8, 4) is 5.75 Å². The summed E-state index contributed by atoms with van der Waals surface area (Å²) < 4.78 is 43.0. The van der Waals surface area contributed by atoms with Crippen LogP contribution >= 0.6 is 23.2 Å². The van der Waals surface area contributed by atoms with Crippen LogP contribution in [0.25, 0.3) is 0 Å². The SMILES string of the molecule is O=C(NCCCOc1ccc(C(F)(F)F)cc1Cl)c1cc([N+](=O)[O-])ccc1Cl. The second kappa shape index (κ2) is 9.11. The largest absolute Gasteiger partial charge is 0.492 e. The minimum atomic E-state index is -4.50. The number of nitrogens with zero attached hydrogens (tertiary/aromatic N) is 1. The molecule has 0 heterocycles. The summed E-state index contributed by atoms with van der Waals surface area (Å²) >= 11 is 11.6. The van der Waals surface area contributed by atoms with Gasteiger partial charge in [-0.2, -0.15) is 13.2 Å². The van der Waals surface area contributed by atoms with Crippen molar-refractivity contribution in [1.82, 2.24) is 5.32 Å². The Labute approximate surface area is 167 Å². The number of benzene rings is 2. The second-order valence-corrected chi connectivity index (χ2v) is 6.34. The zero-order valence-electron chi connectivity index (χ0n) is 14.1. The Hall–Kier alpha value is -2.52. The van der Waals surface area contributed by atoms with Crippen LogP contribution in [0.15, 0.2) is 36.4 Å². The fraction of sp³-hybridized carbons (Fsp3) is 0.235. The highest BCUT2D eigenvalue weighted by Gasteiger charge is 2.31. The summed E-state index contributed by atoms with van der Waals surface area (Å²) in [6, 6.07) is 6.24. The van der Waals surface area contributed by atoms with Crippen molar-refractivity contribution < 1.29 is 27.6 Å². The van der Waals surface area contributed by atoms with E-state index >= 15 is 0 Å². The van der Waals surface area contributed by atoms with Crippen LogP contribution in [0.4, 0.5) is 18.9 Å². The molecule has 0 atom stereocenters. The van der Waals surface area contributed by atoms with Crippen LogP contribution in [0, 0.1) is 10.1 Å². The summed E-state index contributed by atoms with van der Waals surface area (Å²) in [5.74, 6) is -0.510. The molecule has 6 nitrogen and oxygen atoms in total. The average molecular weight is 437 g/mol. The van der Waals surface area contributed by atoms with Gasteiger partial charge in [-0.15, -0.1) is 0 Å². The van der Waals surface area contributed by atoms with E-state index in [-0.39, 0.29) is 40.2 Å². The number of nitro groups is 1. The molecule has 2 rings (SSSR count). The summed E-state index contributed by atoms with van der Waals surface area (Å²) in [5, 5.41) is 13.2. The number of ether oxygens (including phenoxy) is 1. The van der Waals surface area contributed by atoms with Gasteiger partial charge in [0, 0.05) is 18.7 Å². The number of non-ortho nitro benzene ring substituents is 1. The van der Waals surface area contributed by atoms with Crippen molar-refractivity contribution >= 4 is 34.8 Å². The lowest BCUT2D eigenvalue weighted by atomic mass is 10.2. The predicted molar refractivity (Wildman–Crippen MR) is 97.0 cm³/mol. The van der Waals surface area contributed by atoms with E-state index in [1.165, 1.54) is 12.1 Å². The maximum absolute atomic E-state index is 12.6. The van der Waals surface area contributed by atoms with Gasteiger partial charge in [0.2, 0.25) is 0 Å². The molecule has 0 saturated heterocycles. The fourth-order valence-corrected chi connectivity index (χ4v) is 2.58. The number of amides is 1. The first kappa shape index (κ1) is 21.8. The third-order valence-corrected chi connectivity index (χ3v) is 4.15. The van der Waals surface area contributed by atoms with Gasteiger partial charge in [-0.25, -0.2) is 0 Å². The molecular weight excluding hydrogens is 424 g/mol. The monoisotopic (exact) mass is 436 g/mol. The molecule has 0 unspecified atom stereocenters. The Kier molecular flexibility index (Phi) is 7.09. The van der Waals surface area contributed by atoms with E-state index in [0.29, 0.717) is 6.42 Å². The number of carbonyl (C=O) groups excluding carboxylic acids is 1. The number of nitrogens with one attached hydrogen (secondary N) is 1. The molecule has 0 spiro atoms. The standard InChI is InChI=1S/C17H13Cl2F3N2O4/c18-13-4-3-11(24(26)27)9-12(13)16(25)23-6-1-7-28-15-5-2-10(8-14(15)19)17(20,21)22/h2-5,8-9H,1,6-7H2,(H,23,25). The minimum absolute atomic E-state index is 0.0393. The number of alkyl halides is 3. The molecule has 1 amide bonds. The van der Waals surface area contributed by atoms with Crippen LogP contribution in [-0.4, -0.2) is 24.0 Å². The molecule has 0 fully saturated rings. The lowest BCUT2D eigenvalue weighted by Gasteiger charge is -2.11. The topological polar surface area (TPSA) is 81.5 Å². The Morgan fingerprint density at radius 2 is 1.86 bits per heavy atom. The lowest BCUT2D eigenvalue weighted by Crippen LogP contribution is -2.26. The van der Waals surface area contributed by atoms with Gasteiger partial charge in [-0.1, -0.05) is 23.2 Å². The van der Waals surface area contributed by atoms with Gasteiger partial charge in [0.15, 0.2) is 0 Å². The highest BCUT2D eigenvalue weighted by Crippen LogP contribution is 2.34. The average Bonchev–Trinajstić information content (AvgIpc) is 2.61. The summed E-state index contributed by atoms with van der Waals surface area (Å²) in [4.78, 5) is 22.2. The van der Waals surface area contributed by atoms with E-state index in [9.17, 15) is 28.1 Å². The number of nitro benzene ring substituents is 1. The van der Waals surface area contributed by atoms with E-state index in [1.807, 2.05) is 0 Å². The van der Waals surface area contributed by atoms with E-state index in [2.05, 4.69) is 5.32 Å². The van der Waals surface area contributed by atoms with Crippen LogP contribution in [0.2, 0.25) is 10.0 Å². The zero-order valence-corrected chi connectivity index (χ0v) is 15.6. The summed E-state index contributed by atoms with van der Waals surface area (Å²) in [6.45, 7) is 0.226. The fourth-order valence-electron chi connectivity index (χ4n) is 2.15. The smallest absolute Gasteiger partial charge is 0.416 e. The lowest BCUT2D eigenvalue weighted by molar-refractivity contribution is -0.384. The van der Waals surface area contributed by atoms with Gasteiger partial charge in [0.25, 0.3) is 11.6 Å². The molecule has 0 aliphatic rings.